The van der Waals surface area contributed by atoms with Gasteiger partial charge in [0.05, 0.1) is 6.10 Å². The number of carbonyl (C=O) groups excluding carboxylic acids is 1. The molecule has 6 heteroatoms. The van der Waals surface area contributed by atoms with Gasteiger partial charge >= 0.3 is 0 Å². The highest BCUT2D eigenvalue weighted by molar-refractivity contribution is 5.91. The summed E-state index contributed by atoms with van der Waals surface area (Å²) in [6.07, 6.45) is 2.49. The third kappa shape index (κ3) is 4.16. The lowest BCUT2D eigenvalue weighted by Crippen LogP contribution is -2.42. The lowest BCUT2D eigenvalue weighted by molar-refractivity contribution is -0.0814. The molecule has 2 unspecified atom stereocenters. The van der Waals surface area contributed by atoms with Crippen molar-refractivity contribution in [3.63, 3.8) is 0 Å². The summed E-state index contributed by atoms with van der Waals surface area (Å²) in [7, 11) is 1.58. The van der Waals surface area contributed by atoms with Gasteiger partial charge in [0.25, 0.3) is 5.91 Å². The van der Waals surface area contributed by atoms with Crippen molar-refractivity contribution in [1.29, 1.82) is 0 Å². The van der Waals surface area contributed by atoms with Crippen LogP contribution in [0.2, 0.25) is 0 Å². The monoisotopic (exact) mass is 306 g/mol. The van der Waals surface area contributed by atoms with Gasteiger partial charge in [0.15, 0.2) is 5.69 Å². The van der Waals surface area contributed by atoms with Crippen LogP contribution in [0.1, 0.15) is 44.1 Å². The van der Waals surface area contributed by atoms with Gasteiger partial charge in [-0.2, -0.15) is 0 Å². The summed E-state index contributed by atoms with van der Waals surface area (Å²) < 4.78 is 5.98. The van der Waals surface area contributed by atoms with E-state index in [1.807, 2.05) is 0 Å². The van der Waals surface area contributed by atoms with Crippen LogP contribution in [0.4, 0.5) is 5.82 Å². The van der Waals surface area contributed by atoms with Crippen molar-refractivity contribution >= 4 is 11.7 Å². The quantitative estimate of drug-likeness (QED) is 0.891. The first kappa shape index (κ1) is 16.7. The van der Waals surface area contributed by atoms with Gasteiger partial charge in [0, 0.05) is 26.1 Å². The number of nitrogens with one attached hydrogen (secondary N) is 2. The van der Waals surface area contributed by atoms with Gasteiger partial charge in [-0.15, -0.1) is 10.2 Å². The molecule has 1 aromatic rings. The van der Waals surface area contributed by atoms with E-state index in [1.165, 1.54) is 0 Å². The van der Waals surface area contributed by atoms with Gasteiger partial charge in [-0.3, -0.25) is 4.79 Å². The molecule has 1 amide bonds. The van der Waals surface area contributed by atoms with Crippen LogP contribution in [0.3, 0.4) is 0 Å². The molecule has 0 bridgehead atoms. The molecule has 1 aliphatic heterocycles. The van der Waals surface area contributed by atoms with Crippen LogP contribution in [0.5, 0.6) is 0 Å². The van der Waals surface area contributed by atoms with Gasteiger partial charge < -0.3 is 15.4 Å². The lowest BCUT2D eigenvalue weighted by Gasteiger charge is -2.40. The second-order valence-electron chi connectivity index (χ2n) is 6.82. The van der Waals surface area contributed by atoms with Gasteiger partial charge in [-0.25, -0.2) is 0 Å². The standard InChI is InChI=1S/C16H26N4O2/c1-16(2,3)14-11(6-5-9-22-14)10-18-13-8-7-12(19-20-13)15(21)17-4/h7-8,11,14H,5-6,9-10H2,1-4H3,(H,17,21)(H,18,20). The van der Waals surface area contributed by atoms with E-state index >= 15 is 0 Å². The SMILES string of the molecule is CNC(=O)c1ccc(NCC2CCCOC2C(C)(C)C)nn1. The average Bonchev–Trinajstić information content (AvgIpc) is 2.52. The molecule has 1 fully saturated rings. The number of anilines is 1. The molecule has 1 aromatic heterocycles. The summed E-state index contributed by atoms with van der Waals surface area (Å²) in [6.45, 7) is 8.30. The number of ether oxygens (including phenoxy) is 1. The van der Waals surface area contributed by atoms with E-state index < -0.39 is 0 Å². The second kappa shape index (κ2) is 7.05. The molecule has 1 aliphatic rings. The number of rotatable bonds is 4. The Morgan fingerprint density at radius 2 is 2.14 bits per heavy atom. The first-order valence-corrected chi connectivity index (χ1v) is 7.83. The molecular formula is C16H26N4O2. The van der Waals surface area contributed by atoms with Gasteiger partial charge in [0.1, 0.15) is 5.82 Å². The van der Waals surface area contributed by atoms with Crippen LogP contribution in [-0.4, -0.2) is 42.4 Å². The molecule has 6 nitrogen and oxygen atoms in total. The molecule has 0 aromatic carbocycles. The minimum absolute atomic E-state index is 0.127. The Hall–Kier alpha value is -1.69. The van der Waals surface area contributed by atoms with Crippen molar-refractivity contribution in [3.05, 3.63) is 17.8 Å². The highest BCUT2D eigenvalue weighted by atomic mass is 16.5. The van der Waals surface area contributed by atoms with Crippen molar-refractivity contribution in [2.45, 2.75) is 39.7 Å². The first-order valence-electron chi connectivity index (χ1n) is 7.83. The van der Waals surface area contributed by atoms with E-state index in [9.17, 15) is 4.79 Å². The highest BCUT2D eigenvalue weighted by Gasteiger charge is 2.35. The molecule has 0 aliphatic carbocycles. The van der Waals surface area contributed by atoms with Crippen molar-refractivity contribution in [2.24, 2.45) is 11.3 Å². The van der Waals surface area contributed by atoms with Gasteiger partial charge in [-0.1, -0.05) is 20.8 Å². The lowest BCUT2D eigenvalue weighted by atomic mass is 9.78. The molecular weight excluding hydrogens is 280 g/mol. The maximum absolute atomic E-state index is 11.4. The fraction of sp³-hybridized carbons (Fsp3) is 0.688. The fourth-order valence-corrected chi connectivity index (χ4v) is 2.92. The van der Waals surface area contributed by atoms with Crippen LogP contribution in [0, 0.1) is 11.3 Å². The van der Waals surface area contributed by atoms with Crippen LogP contribution in [-0.2, 0) is 4.74 Å². The summed E-state index contributed by atoms with van der Waals surface area (Å²) in [5, 5.41) is 13.8. The largest absolute Gasteiger partial charge is 0.377 e. The van der Waals surface area contributed by atoms with Crippen LogP contribution in [0.25, 0.3) is 0 Å². The Morgan fingerprint density at radius 1 is 1.36 bits per heavy atom. The van der Waals surface area contributed by atoms with Crippen LogP contribution >= 0.6 is 0 Å². The molecule has 2 atom stereocenters. The number of hydrogen-bond donors (Lipinski definition) is 2. The zero-order valence-corrected chi connectivity index (χ0v) is 13.8. The Bertz CT molecular complexity index is 496. The van der Waals surface area contributed by atoms with Gasteiger partial charge in [0.2, 0.25) is 0 Å². The summed E-state index contributed by atoms with van der Waals surface area (Å²) in [4.78, 5) is 11.4. The van der Waals surface area contributed by atoms with Crippen molar-refractivity contribution in [1.82, 2.24) is 15.5 Å². The molecule has 22 heavy (non-hydrogen) atoms. The second-order valence-corrected chi connectivity index (χ2v) is 6.82. The summed E-state index contributed by atoms with van der Waals surface area (Å²) in [5.74, 6) is 0.910. The zero-order valence-electron chi connectivity index (χ0n) is 13.8. The Labute approximate surface area is 132 Å². The van der Waals surface area contributed by atoms with E-state index in [0.717, 1.165) is 26.0 Å². The fourth-order valence-electron chi connectivity index (χ4n) is 2.92. The Kier molecular flexibility index (Phi) is 5.34. The average molecular weight is 306 g/mol. The molecule has 122 valence electrons. The summed E-state index contributed by atoms with van der Waals surface area (Å²) >= 11 is 0. The van der Waals surface area contributed by atoms with E-state index in [4.69, 9.17) is 4.74 Å². The Morgan fingerprint density at radius 3 is 2.73 bits per heavy atom. The maximum Gasteiger partial charge on any atom is 0.271 e. The minimum Gasteiger partial charge on any atom is -0.377 e. The number of amides is 1. The predicted octanol–water partition coefficient (Wildman–Crippen LogP) is 2.09. The number of nitrogens with zero attached hydrogens (tertiary/aromatic N) is 2. The number of hydrogen-bond acceptors (Lipinski definition) is 5. The maximum atomic E-state index is 11.4. The molecule has 1 saturated heterocycles. The third-order valence-corrected chi connectivity index (χ3v) is 3.97. The third-order valence-electron chi connectivity index (χ3n) is 3.97. The minimum atomic E-state index is -0.229. The molecule has 2 rings (SSSR count). The topological polar surface area (TPSA) is 76.1 Å². The smallest absolute Gasteiger partial charge is 0.271 e. The van der Waals surface area contributed by atoms with Crippen molar-refractivity contribution in [2.75, 3.05) is 25.5 Å². The molecule has 0 saturated carbocycles. The van der Waals surface area contributed by atoms with E-state index in [1.54, 1.807) is 19.2 Å². The van der Waals surface area contributed by atoms with E-state index in [2.05, 4.69) is 41.6 Å². The molecule has 0 radical (unpaired) electrons. The highest BCUT2D eigenvalue weighted by Crippen LogP contribution is 2.34. The molecule has 2 heterocycles. The van der Waals surface area contributed by atoms with Crippen LogP contribution < -0.4 is 10.6 Å². The van der Waals surface area contributed by atoms with Gasteiger partial charge in [-0.05, 0) is 30.4 Å². The number of aromatic nitrogens is 2. The van der Waals surface area contributed by atoms with Crippen molar-refractivity contribution < 1.29 is 9.53 Å². The zero-order chi connectivity index (χ0) is 16.2. The normalized spacial score (nSPS) is 22.2. The first-order chi connectivity index (χ1) is 10.4. The van der Waals surface area contributed by atoms with E-state index in [0.29, 0.717) is 17.4 Å². The summed E-state index contributed by atoms with van der Waals surface area (Å²) in [5.41, 5.74) is 0.447. The van der Waals surface area contributed by atoms with Crippen LogP contribution in [0.15, 0.2) is 12.1 Å². The van der Waals surface area contributed by atoms with E-state index in [-0.39, 0.29) is 17.4 Å². The Balaban J connectivity index is 1.95. The molecule has 0 spiro atoms. The predicted molar refractivity (Wildman–Crippen MR) is 85.8 cm³/mol. The van der Waals surface area contributed by atoms with Crippen molar-refractivity contribution in [3.8, 4) is 0 Å². The number of carbonyl (C=O) groups is 1. The summed E-state index contributed by atoms with van der Waals surface area (Å²) in [6, 6.07) is 3.46. The molecule has 2 N–H and O–H groups in total.